The van der Waals surface area contributed by atoms with Crippen LogP contribution in [-0.4, -0.2) is 11.1 Å². The Labute approximate surface area is 94.4 Å². The Bertz CT molecular complexity index is 426. The van der Waals surface area contributed by atoms with Crippen LogP contribution in [0.15, 0.2) is 30.9 Å². The Morgan fingerprint density at radius 3 is 2.75 bits per heavy atom. The zero-order chi connectivity index (χ0) is 12.3. The van der Waals surface area contributed by atoms with Crippen LogP contribution in [0.4, 0.5) is 4.39 Å². The van der Waals surface area contributed by atoms with Crippen LogP contribution >= 0.6 is 0 Å². The summed E-state index contributed by atoms with van der Waals surface area (Å²) in [4.78, 5) is 11.1. The summed E-state index contributed by atoms with van der Waals surface area (Å²) in [6, 6.07) is 4.39. The van der Waals surface area contributed by atoms with Crippen LogP contribution in [0.3, 0.4) is 0 Å². The zero-order valence-electron chi connectivity index (χ0n) is 9.46. The molecule has 16 heavy (non-hydrogen) atoms. The summed E-state index contributed by atoms with van der Waals surface area (Å²) in [6.45, 7) is 6.94. The minimum Gasteiger partial charge on any atom is -0.481 e. The van der Waals surface area contributed by atoms with E-state index < -0.39 is 11.4 Å². The van der Waals surface area contributed by atoms with Crippen molar-refractivity contribution in [3.05, 3.63) is 47.8 Å². The zero-order valence-corrected chi connectivity index (χ0v) is 9.46. The van der Waals surface area contributed by atoms with Crippen LogP contribution < -0.4 is 0 Å². The van der Waals surface area contributed by atoms with E-state index in [-0.39, 0.29) is 12.2 Å². The molecule has 86 valence electrons. The quantitative estimate of drug-likeness (QED) is 0.795. The Morgan fingerprint density at radius 2 is 2.25 bits per heavy atom. The minimum atomic E-state index is -1.06. The number of carboxylic acids is 1. The van der Waals surface area contributed by atoms with Crippen molar-refractivity contribution in [3.8, 4) is 0 Å². The number of aliphatic carboxylic acids is 1. The molecule has 0 spiro atoms. The van der Waals surface area contributed by atoms with Crippen molar-refractivity contribution in [2.45, 2.75) is 20.3 Å². The standard InChI is InChI=1S/C13H15FO2/c1-4-13(3,12(15)16)8-10-7-11(14)6-5-9(10)2/h4-7H,1,8H2,2-3H3,(H,15,16). The average molecular weight is 222 g/mol. The summed E-state index contributed by atoms with van der Waals surface area (Å²) in [6.07, 6.45) is 1.63. The van der Waals surface area contributed by atoms with Gasteiger partial charge in [0.15, 0.2) is 0 Å². The van der Waals surface area contributed by atoms with E-state index in [1.807, 2.05) is 6.92 Å². The molecule has 0 saturated carbocycles. The van der Waals surface area contributed by atoms with E-state index in [0.29, 0.717) is 5.56 Å². The summed E-state index contributed by atoms with van der Waals surface area (Å²) in [5.41, 5.74) is 0.527. The first-order chi connectivity index (χ1) is 7.39. The molecule has 0 aliphatic carbocycles. The molecule has 1 rings (SSSR count). The lowest BCUT2D eigenvalue weighted by atomic mass is 9.82. The lowest BCUT2D eigenvalue weighted by Crippen LogP contribution is -2.27. The molecular weight excluding hydrogens is 207 g/mol. The van der Waals surface area contributed by atoms with E-state index >= 15 is 0 Å². The van der Waals surface area contributed by atoms with Gasteiger partial charge in [0.05, 0.1) is 5.41 Å². The maximum atomic E-state index is 13.1. The number of carbonyl (C=O) groups is 1. The molecule has 0 amide bonds. The first kappa shape index (κ1) is 12.4. The van der Waals surface area contributed by atoms with E-state index in [4.69, 9.17) is 5.11 Å². The monoisotopic (exact) mass is 222 g/mol. The number of hydrogen-bond donors (Lipinski definition) is 1. The van der Waals surface area contributed by atoms with Gasteiger partial charge in [-0.2, -0.15) is 0 Å². The first-order valence-electron chi connectivity index (χ1n) is 5.01. The van der Waals surface area contributed by atoms with Gasteiger partial charge in [-0.3, -0.25) is 4.79 Å². The highest BCUT2D eigenvalue weighted by atomic mass is 19.1. The fourth-order valence-electron chi connectivity index (χ4n) is 1.46. The van der Waals surface area contributed by atoms with Gasteiger partial charge in [-0.1, -0.05) is 12.1 Å². The van der Waals surface area contributed by atoms with Crippen molar-refractivity contribution in [1.82, 2.24) is 0 Å². The minimum absolute atomic E-state index is 0.245. The number of rotatable bonds is 4. The van der Waals surface area contributed by atoms with Gasteiger partial charge in [0.25, 0.3) is 0 Å². The molecular formula is C13H15FO2. The third-order valence-corrected chi connectivity index (χ3v) is 2.81. The van der Waals surface area contributed by atoms with Crippen molar-refractivity contribution < 1.29 is 14.3 Å². The molecule has 3 heteroatoms. The highest BCUT2D eigenvalue weighted by Gasteiger charge is 2.30. The maximum Gasteiger partial charge on any atom is 0.313 e. The highest BCUT2D eigenvalue weighted by molar-refractivity contribution is 5.77. The summed E-state index contributed by atoms with van der Waals surface area (Å²) in [5.74, 6) is -1.30. The Morgan fingerprint density at radius 1 is 1.62 bits per heavy atom. The molecule has 0 radical (unpaired) electrons. The molecule has 0 saturated heterocycles. The normalized spacial score (nSPS) is 14.2. The van der Waals surface area contributed by atoms with Gasteiger partial charge in [-0.15, -0.1) is 6.58 Å². The Hall–Kier alpha value is -1.64. The fourth-order valence-corrected chi connectivity index (χ4v) is 1.46. The van der Waals surface area contributed by atoms with Crippen molar-refractivity contribution in [2.24, 2.45) is 5.41 Å². The highest BCUT2D eigenvalue weighted by Crippen LogP contribution is 2.26. The molecule has 1 unspecified atom stereocenters. The van der Waals surface area contributed by atoms with Crippen LogP contribution in [0, 0.1) is 18.2 Å². The molecule has 0 aliphatic heterocycles. The molecule has 1 atom stereocenters. The van der Waals surface area contributed by atoms with Gasteiger partial charge in [-0.05, 0) is 43.5 Å². The number of hydrogen-bond acceptors (Lipinski definition) is 1. The topological polar surface area (TPSA) is 37.3 Å². The summed E-state index contributed by atoms with van der Waals surface area (Å²) < 4.78 is 13.1. The summed E-state index contributed by atoms with van der Waals surface area (Å²) >= 11 is 0. The van der Waals surface area contributed by atoms with Gasteiger partial charge in [-0.25, -0.2) is 4.39 Å². The number of benzene rings is 1. The van der Waals surface area contributed by atoms with E-state index in [9.17, 15) is 9.18 Å². The summed E-state index contributed by atoms with van der Waals surface area (Å²) in [7, 11) is 0. The lowest BCUT2D eigenvalue weighted by molar-refractivity contribution is -0.145. The van der Waals surface area contributed by atoms with Gasteiger partial charge < -0.3 is 5.11 Å². The molecule has 1 aromatic carbocycles. The van der Waals surface area contributed by atoms with Crippen molar-refractivity contribution in [2.75, 3.05) is 0 Å². The second kappa shape index (κ2) is 4.47. The molecule has 0 bridgehead atoms. The van der Waals surface area contributed by atoms with Crippen LogP contribution in [0.1, 0.15) is 18.1 Å². The summed E-state index contributed by atoms with van der Waals surface area (Å²) in [5, 5.41) is 9.09. The predicted octanol–water partition coefficient (Wildman–Crippen LogP) is 2.95. The molecule has 1 aromatic rings. The van der Waals surface area contributed by atoms with Gasteiger partial charge in [0.1, 0.15) is 5.82 Å². The second-order valence-electron chi connectivity index (χ2n) is 4.17. The molecule has 0 heterocycles. The molecule has 0 aromatic heterocycles. The third-order valence-electron chi connectivity index (χ3n) is 2.81. The number of carboxylic acid groups (broad SMARTS) is 1. The Kier molecular flexibility index (Phi) is 3.48. The lowest BCUT2D eigenvalue weighted by Gasteiger charge is -2.21. The fraction of sp³-hybridized carbons (Fsp3) is 0.308. The van der Waals surface area contributed by atoms with Gasteiger partial charge in [0, 0.05) is 0 Å². The van der Waals surface area contributed by atoms with E-state index in [1.165, 1.54) is 18.2 Å². The third kappa shape index (κ3) is 2.48. The largest absolute Gasteiger partial charge is 0.481 e. The second-order valence-corrected chi connectivity index (χ2v) is 4.17. The SMILES string of the molecule is C=CC(C)(Cc1cc(F)ccc1C)C(=O)O. The molecule has 0 aliphatic rings. The van der Waals surface area contributed by atoms with Crippen LogP contribution in [0.2, 0.25) is 0 Å². The van der Waals surface area contributed by atoms with E-state index in [2.05, 4.69) is 6.58 Å². The van der Waals surface area contributed by atoms with E-state index in [0.717, 1.165) is 5.56 Å². The first-order valence-corrected chi connectivity index (χ1v) is 5.01. The van der Waals surface area contributed by atoms with E-state index in [1.54, 1.807) is 13.0 Å². The van der Waals surface area contributed by atoms with Crippen LogP contribution in [0.25, 0.3) is 0 Å². The van der Waals surface area contributed by atoms with Crippen molar-refractivity contribution >= 4 is 5.97 Å². The maximum absolute atomic E-state index is 13.1. The van der Waals surface area contributed by atoms with Crippen molar-refractivity contribution in [1.29, 1.82) is 0 Å². The average Bonchev–Trinajstić information content (AvgIpc) is 2.23. The van der Waals surface area contributed by atoms with Crippen LogP contribution in [-0.2, 0) is 11.2 Å². The van der Waals surface area contributed by atoms with Crippen LogP contribution in [0.5, 0.6) is 0 Å². The smallest absolute Gasteiger partial charge is 0.313 e. The number of aryl methyl sites for hydroxylation is 1. The predicted molar refractivity (Wildman–Crippen MR) is 60.8 cm³/mol. The van der Waals surface area contributed by atoms with Gasteiger partial charge >= 0.3 is 5.97 Å². The van der Waals surface area contributed by atoms with Crippen molar-refractivity contribution in [3.63, 3.8) is 0 Å². The Balaban J connectivity index is 3.07. The van der Waals surface area contributed by atoms with Gasteiger partial charge in [0.2, 0.25) is 0 Å². The molecule has 0 fully saturated rings. The molecule has 2 nitrogen and oxygen atoms in total. The number of halogens is 1. The molecule has 1 N–H and O–H groups in total.